The Hall–Kier alpha value is -1.88. The van der Waals surface area contributed by atoms with Gasteiger partial charge in [0, 0.05) is 0 Å². The number of esters is 1. The third kappa shape index (κ3) is 3.54. The van der Waals surface area contributed by atoms with E-state index in [1.165, 1.54) is 19.2 Å². The van der Waals surface area contributed by atoms with E-state index in [1.54, 1.807) is 6.07 Å². The van der Waals surface area contributed by atoms with Gasteiger partial charge >= 0.3 is 11.5 Å². The van der Waals surface area contributed by atoms with Gasteiger partial charge in [0.1, 0.15) is 11.8 Å². The number of methoxy groups -OCH3 is 2. The lowest BCUT2D eigenvalue weighted by molar-refractivity contribution is -0.0329. The normalized spacial score (nSPS) is 10.7. The Kier molecular flexibility index (Phi) is 4.67. The number of carbonyl (C=O) groups excluding carboxylic acids is 1. The number of hydrogen-bond donors (Lipinski definition) is 0. The van der Waals surface area contributed by atoms with E-state index < -0.39 is 33.7 Å². The number of thioether (sulfide) groups is 1. The highest BCUT2D eigenvalue weighted by Gasteiger charge is 2.34. The van der Waals surface area contributed by atoms with Crippen LogP contribution in [0.25, 0.3) is 0 Å². The molecule has 8 heteroatoms. The third-order valence-corrected chi connectivity index (χ3v) is 2.91. The van der Waals surface area contributed by atoms with Gasteiger partial charge in [-0.15, -0.1) is 0 Å². The maximum absolute atomic E-state index is 12.5. The second kappa shape index (κ2) is 5.84. The minimum atomic E-state index is -4.62. The summed E-state index contributed by atoms with van der Waals surface area (Å²) in [6.45, 7) is 0. The van der Waals surface area contributed by atoms with Gasteiger partial charge in [-0.3, -0.25) is 0 Å². The Morgan fingerprint density at radius 2 is 2.00 bits per heavy atom. The summed E-state index contributed by atoms with van der Waals surface area (Å²) in [6, 6.07) is 4.04. The Balaban J connectivity index is 3.53. The van der Waals surface area contributed by atoms with Crippen LogP contribution in [0.5, 0.6) is 5.75 Å². The van der Waals surface area contributed by atoms with E-state index in [-0.39, 0.29) is 11.3 Å². The maximum atomic E-state index is 12.5. The van der Waals surface area contributed by atoms with Crippen molar-refractivity contribution in [2.24, 2.45) is 0 Å². The molecule has 0 amide bonds. The monoisotopic (exact) mass is 291 g/mol. The van der Waals surface area contributed by atoms with Crippen LogP contribution in [0.3, 0.4) is 0 Å². The molecule has 0 N–H and O–H groups in total. The fourth-order valence-corrected chi connectivity index (χ4v) is 2.12. The average molecular weight is 291 g/mol. The highest BCUT2D eigenvalue weighted by atomic mass is 32.2. The summed E-state index contributed by atoms with van der Waals surface area (Å²) < 4.78 is 46.7. The minimum absolute atomic E-state index is 0.151. The quantitative estimate of drug-likeness (QED) is 0.633. The second-order valence-corrected chi connectivity index (χ2v) is 4.25. The van der Waals surface area contributed by atoms with Crippen molar-refractivity contribution in [3.63, 3.8) is 0 Å². The predicted molar refractivity (Wildman–Crippen MR) is 61.0 cm³/mol. The van der Waals surface area contributed by atoms with Crippen molar-refractivity contribution < 1.29 is 27.4 Å². The summed E-state index contributed by atoms with van der Waals surface area (Å²) in [5.74, 6) is -1.18. The van der Waals surface area contributed by atoms with E-state index in [1.807, 2.05) is 0 Å². The van der Waals surface area contributed by atoms with Gasteiger partial charge in [0.15, 0.2) is 0 Å². The van der Waals surface area contributed by atoms with E-state index in [4.69, 9.17) is 10.00 Å². The van der Waals surface area contributed by atoms with E-state index in [0.29, 0.717) is 0 Å². The third-order valence-electron chi connectivity index (χ3n) is 2.07. The molecule has 0 heterocycles. The molecular weight excluding hydrogens is 283 g/mol. The standard InChI is InChI=1S/C11H8F3NO3S/c1-17-7-4-3-6(5-15)8(10(16)18-2)9(7)19-11(12,13)14/h3-4H,1-2H3. The molecule has 1 aromatic rings. The summed E-state index contributed by atoms with van der Waals surface area (Å²) >= 11 is -0.525. The first-order valence-corrected chi connectivity index (χ1v) is 5.60. The molecule has 0 aromatic heterocycles. The molecule has 1 rings (SSSR count). The summed E-state index contributed by atoms with van der Waals surface area (Å²) in [4.78, 5) is 11.1. The van der Waals surface area contributed by atoms with Crippen molar-refractivity contribution in [3.05, 3.63) is 23.3 Å². The van der Waals surface area contributed by atoms with Crippen LogP contribution in [0, 0.1) is 11.3 Å². The van der Waals surface area contributed by atoms with E-state index >= 15 is 0 Å². The van der Waals surface area contributed by atoms with Crippen molar-refractivity contribution in [3.8, 4) is 11.8 Å². The number of rotatable bonds is 3. The number of carbonyl (C=O) groups is 1. The molecule has 4 nitrogen and oxygen atoms in total. The lowest BCUT2D eigenvalue weighted by Crippen LogP contribution is -2.10. The highest BCUT2D eigenvalue weighted by molar-refractivity contribution is 8.00. The van der Waals surface area contributed by atoms with Crippen LogP contribution in [-0.2, 0) is 4.74 Å². The number of nitrogens with zero attached hydrogens (tertiary/aromatic N) is 1. The van der Waals surface area contributed by atoms with Gasteiger partial charge in [0.2, 0.25) is 0 Å². The Morgan fingerprint density at radius 1 is 1.37 bits per heavy atom. The SMILES string of the molecule is COC(=O)c1c(C#N)ccc(OC)c1SC(F)(F)F. The Morgan fingerprint density at radius 3 is 2.42 bits per heavy atom. The number of benzene rings is 1. The van der Waals surface area contributed by atoms with Gasteiger partial charge in [-0.05, 0) is 23.9 Å². The number of ether oxygens (including phenoxy) is 2. The molecule has 0 aliphatic carbocycles. The predicted octanol–water partition coefficient (Wildman–Crippen LogP) is 2.97. The second-order valence-electron chi connectivity index (χ2n) is 3.17. The van der Waals surface area contributed by atoms with Crippen LogP contribution in [0.1, 0.15) is 15.9 Å². The molecule has 0 fully saturated rings. The molecule has 0 unspecified atom stereocenters. The van der Waals surface area contributed by atoms with Gasteiger partial charge in [0.05, 0.1) is 30.2 Å². The van der Waals surface area contributed by atoms with Crippen LogP contribution < -0.4 is 4.74 Å². The molecule has 19 heavy (non-hydrogen) atoms. The van der Waals surface area contributed by atoms with E-state index in [9.17, 15) is 18.0 Å². The number of halogens is 3. The zero-order chi connectivity index (χ0) is 14.6. The molecular formula is C11H8F3NO3S. The molecule has 0 radical (unpaired) electrons. The average Bonchev–Trinajstić information content (AvgIpc) is 2.35. The molecule has 0 atom stereocenters. The molecule has 102 valence electrons. The Bertz CT molecular complexity index is 537. The minimum Gasteiger partial charge on any atom is -0.496 e. The van der Waals surface area contributed by atoms with Crippen LogP contribution in [0.2, 0.25) is 0 Å². The molecule has 1 aromatic carbocycles. The summed E-state index contributed by atoms with van der Waals surface area (Å²) in [6.07, 6.45) is 0. The Labute approximate surface area is 111 Å². The lowest BCUT2D eigenvalue weighted by Gasteiger charge is -2.14. The summed E-state index contributed by atoms with van der Waals surface area (Å²) in [7, 11) is 2.19. The van der Waals surface area contributed by atoms with Crippen LogP contribution in [0.4, 0.5) is 13.2 Å². The summed E-state index contributed by atoms with van der Waals surface area (Å²) in [5.41, 5.74) is -5.28. The van der Waals surface area contributed by atoms with Crippen LogP contribution >= 0.6 is 11.8 Å². The van der Waals surface area contributed by atoms with Gasteiger partial charge in [-0.2, -0.15) is 18.4 Å². The molecule has 0 aliphatic heterocycles. The van der Waals surface area contributed by atoms with Crippen molar-refractivity contribution in [1.29, 1.82) is 5.26 Å². The first kappa shape index (κ1) is 15.2. The number of hydrogen-bond acceptors (Lipinski definition) is 5. The molecule has 0 bridgehead atoms. The summed E-state index contributed by atoms with van der Waals surface area (Å²) in [5, 5.41) is 8.86. The number of alkyl halides is 3. The van der Waals surface area contributed by atoms with E-state index in [2.05, 4.69) is 4.74 Å². The lowest BCUT2D eigenvalue weighted by atomic mass is 10.1. The molecule has 0 aliphatic rings. The van der Waals surface area contributed by atoms with E-state index in [0.717, 1.165) is 7.11 Å². The zero-order valence-corrected chi connectivity index (χ0v) is 10.7. The van der Waals surface area contributed by atoms with Gasteiger partial charge in [0.25, 0.3) is 0 Å². The molecule has 0 saturated heterocycles. The first-order valence-electron chi connectivity index (χ1n) is 4.79. The van der Waals surface area contributed by atoms with Gasteiger partial charge in [-0.1, -0.05) is 0 Å². The maximum Gasteiger partial charge on any atom is 0.446 e. The van der Waals surface area contributed by atoms with Crippen LogP contribution in [0.15, 0.2) is 17.0 Å². The van der Waals surface area contributed by atoms with Gasteiger partial charge < -0.3 is 9.47 Å². The number of nitriles is 1. The largest absolute Gasteiger partial charge is 0.496 e. The highest BCUT2D eigenvalue weighted by Crippen LogP contribution is 2.44. The van der Waals surface area contributed by atoms with Gasteiger partial charge in [-0.25, -0.2) is 4.79 Å². The smallest absolute Gasteiger partial charge is 0.446 e. The first-order chi connectivity index (χ1) is 8.84. The fraction of sp³-hybridized carbons (Fsp3) is 0.273. The van der Waals surface area contributed by atoms with Crippen molar-refractivity contribution in [2.75, 3.05) is 14.2 Å². The zero-order valence-electron chi connectivity index (χ0n) is 9.87. The van der Waals surface area contributed by atoms with Crippen molar-refractivity contribution >= 4 is 17.7 Å². The topological polar surface area (TPSA) is 59.3 Å². The fourth-order valence-electron chi connectivity index (χ4n) is 1.34. The van der Waals surface area contributed by atoms with Crippen molar-refractivity contribution in [1.82, 2.24) is 0 Å². The molecule has 0 spiro atoms. The van der Waals surface area contributed by atoms with Crippen molar-refractivity contribution in [2.45, 2.75) is 10.4 Å². The van der Waals surface area contributed by atoms with Crippen LogP contribution in [-0.4, -0.2) is 25.7 Å². The molecule has 0 saturated carbocycles.